The fourth-order valence-electron chi connectivity index (χ4n) is 5.10. The Morgan fingerprint density at radius 2 is 1.59 bits per heavy atom. The summed E-state index contributed by atoms with van der Waals surface area (Å²) >= 11 is 0. The fraction of sp³-hybridized carbons (Fsp3) is 0.357. The first kappa shape index (κ1) is 21.0. The SMILES string of the molecule is CN1CCC(Oc2cccc3c2CC(N)C(Cc2ccccc2)(Cc2ccccc2)O3)C1. The van der Waals surface area contributed by atoms with Crippen LogP contribution in [-0.4, -0.2) is 42.8 Å². The molecule has 2 aliphatic rings. The molecule has 0 radical (unpaired) electrons. The number of hydrogen-bond acceptors (Lipinski definition) is 4. The maximum Gasteiger partial charge on any atom is 0.132 e. The molecular weight excluding hydrogens is 396 g/mol. The van der Waals surface area contributed by atoms with Gasteiger partial charge in [-0.15, -0.1) is 0 Å². The van der Waals surface area contributed by atoms with Gasteiger partial charge < -0.3 is 20.1 Å². The minimum Gasteiger partial charge on any atom is -0.489 e. The second-order valence-electron chi connectivity index (χ2n) is 9.33. The predicted molar refractivity (Wildman–Crippen MR) is 128 cm³/mol. The Kier molecular flexibility index (Phi) is 5.90. The number of rotatable bonds is 6. The van der Waals surface area contributed by atoms with Crippen LogP contribution in [0.15, 0.2) is 78.9 Å². The fourth-order valence-corrected chi connectivity index (χ4v) is 5.10. The van der Waals surface area contributed by atoms with Gasteiger partial charge in [0.05, 0.1) is 0 Å². The summed E-state index contributed by atoms with van der Waals surface area (Å²) in [5.74, 6) is 1.83. The van der Waals surface area contributed by atoms with Gasteiger partial charge in [-0.2, -0.15) is 0 Å². The van der Waals surface area contributed by atoms with E-state index in [0.29, 0.717) is 0 Å². The van der Waals surface area contributed by atoms with E-state index in [1.165, 1.54) is 11.1 Å². The molecule has 5 rings (SSSR count). The first-order valence-corrected chi connectivity index (χ1v) is 11.6. The van der Waals surface area contributed by atoms with Crippen molar-refractivity contribution in [1.82, 2.24) is 4.90 Å². The van der Waals surface area contributed by atoms with Gasteiger partial charge in [0.15, 0.2) is 0 Å². The third-order valence-electron chi connectivity index (χ3n) is 6.84. The zero-order chi connectivity index (χ0) is 22.0. The van der Waals surface area contributed by atoms with Crippen LogP contribution in [0.4, 0.5) is 0 Å². The van der Waals surface area contributed by atoms with Crippen LogP contribution in [0.1, 0.15) is 23.1 Å². The molecule has 0 amide bonds. The number of benzene rings is 3. The second kappa shape index (κ2) is 8.97. The average Bonchev–Trinajstić information content (AvgIpc) is 3.21. The molecule has 0 bridgehead atoms. The lowest BCUT2D eigenvalue weighted by Gasteiger charge is -2.44. The first-order valence-electron chi connectivity index (χ1n) is 11.6. The summed E-state index contributed by atoms with van der Waals surface area (Å²) in [6, 6.07) is 27.1. The lowest BCUT2D eigenvalue weighted by atomic mass is 9.77. The highest BCUT2D eigenvalue weighted by Gasteiger charge is 2.44. The Bertz CT molecular complexity index is 996. The summed E-state index contributed by atoms with van der Waals surface area (Å²) in [5.41, 5.74) is 10.0. The molecule has 0 saturated carbocycles. The van der Waals surface area contributed by atoms with Crippen molar-refractivity contribution in [2.45, 2.75) is 43.4 Å². The van der Waals surface area contributed by atoms with Gasteiger partial charge in [0.2, 0.25) is 0 Å². The maximum atomic E-state index is 6.93. The lowest BCUT2D eigenvalue weighted by Crippen LogP contribution is -2.58. The molecule has 2 heterocycles. The number of nitrogens with two attached hydrogens (primary N) is 1. The first-order chi connectivity index (χ1) is 15.6. The van der Waals surface area contributed by atoms with Gasteiger partial charge in [-0.05, 0) is 43.1 Å². The van der Waals surface area contributed by atoms with Gasteiger partial charge in [0.1, 0.15) is 23.2 Å². The monoisotopic (exact) mass is 428 g/mol. The molecule has 1 saturated heterocycles. The van der Waals surface area contributed by atoms with Gasteiger partial charge in [-0.1, -0.05) is 66.7 Å². The maximum absolute atomic E-state index is 6.93. The molecule has 1 fully saturated rings. The Morgan fingerprint density at radius 3 is 2.19 bits per heavy atom. The van der Waals surface area contributed by atoms with Crippen LogP contribution in [0.5, 0.6) is 11.5 Å². The van der Waals surface area contributed by atoms with Gasteiger partial charge >= 0.3 is 0 Å². The van der Waals surface area contributed by atoms with Crippen molar-refractivity contribution in [2.75, 3.05) is 20.1 Å². The highest BCUT2D eigenvalue weighted by atomic mass is 16.5. The van der Waals surface area contributed by atoms with Crippen LogP contribution >= 0.6 is 0 Å². The molecule has 2 aliphatic heterocycles. The van der Waals surface area contributed by atoms with E-state index in [4.69, 9.17) is 15.2 Å². The van der Waals surface area contributed by atoms with Gasteiger partial charge in [0, 0.05) is 37.5 Å². The topological polar surface area (TPSA) is 47.7 Å². The summed E-state index contributed by atoms with van der Waals surface area (Å²) in [4.78, 5) is 2.31. The summed E-state index contributed by atoms with van der Waals surface area (Å²) in [7, 11) is 2.14. The summed E-state index contributed by atoms with van der Waals surface area (Å²) in [6.45, 7) is 2.04. The minimum atomic E-state index is -0.512. The molecule has 4 nitrogen and oxygen atoms in total. The third kappa shape index (κ3) is 4.38. The molecule has 2 atom stereocenters. The van der Waals surface area contributed by atoms with Crippen molar-refractivity contribution in [3.8, 4) is 11.5 Å². The van der Waals surface area contributed by atoms with Crippen molar-refractivity contribution in [3.63, 3.8) is 0 Å². The minimum absolute atomic E-state index is 0.147. The normalized spacial score (nSPS) is 22.2. The number of nitrogens with zero attached hydrogens (tertiary/aromatic N) is 1. The van der Waals surface area contributed by atoms with Crippen molar-refractivity contribution in [3.05, 3.63) is 95.6 Å². The van der Waals surface area contributed by atoms with Crippen LogP contribution in [-0.2, 0) is 19.3 Å². The molecule has 0 spiro atoms. The molecule has 4 heteroatoms. The van der Waals surface area contributed by atoms with E-state index in [2.05, 4.69) is 72.6 Å². The van der Waals surface area contributed by atoms with E-state index < -0.39 is 5.60 Å². The van der Waals surface area contributed by atoms with Gasteiger partial charge in [0.25, 0.3) is 0 Å². The zero-order valence-corrected chi connectivity index (χ0v) is 18.7. The Balaban J connectivity index is 1.47. The van der Waals surface area contributed by atoms with Crippen molar-refractivity contribution < 1.29 is 9.47 Å². The molecule has 0 aliphatic carbocycles. The van der Waals surface area contributed by atoms with Gasteiger partial charge in [-0.25, -0.2) is 0 Å². The molecule has 3 aromatic carbocycles. The van der Waals surface area contributed by atoms with Crippen molar-refractivity contribution in [2.24, 2.45) is 5.73 Å². The van der Waals surface area contributed by atoms with Gasteiger partial charge in [-0.3, -0.25) is 0 Å². The molecule has 2 unspecified atom stereocenters. The molecule has 32 heavy (non-hydrogen) atoms. The molecule has 166 valence electrons. The van der Waals surface area contributed by atoms with E-state index in [-0.39, 0.29) is 12.1 Å². The molecule has 3 aromatic rings. The van der Waals surface area contributed by atoms with E-state index in [0.717, 1.165) is 55.8 Å². The predicted octanol–water partition coefficient (Wildman–Crippen LogP) is 4.26. The zero-order valence-electron chi connectivity index (χ0n) is 18.7. The standard InChI is InChI=1S/C28H32N2O2/c1-30-16-15-23(20-30)31-25-13-8-14-26-24(25)17-27(29)28(32-26,18-21-9-4-2-5-10-21)19-22-11-6-3-7-12-22/h2-14,23,27H,15-20,29H2,1H3. The van der Waals surface area contributed by atoms with E-state index in [9.17, 15) is 0 Å². The van der Waals surface area contributed by atoms with E-state index in [1.54, 1.807) is 0 Å². The number of likely N-dealkylation sites (N-methyl/N-ethyl adjacent to an activating group) is 1. The van der Waals surface area contributed by atoms with Crippen LogP contribution in [0.25, 0.3) is 0 Å². The van der Waals surface area contributed by atoms with Crippen LogP contribution in [0.3, 0.4) is 0 Å². The largest absolute Gasteiger partial charge is 0.489 e. The summed E-state index contributed by atoms with van der Waals surface area (Å²) in [6.07, 6.45) is 3.55. The molecule has 2 N–H and O–H groups in total. The summed E-state index contributed by atoms with van der Waals surface area (Å²) in [5, 5.41) is 0. The quantitative estimate of drug-likeness (QED) is 0.637. The van der Waals surface area contributed by atoms with Crippen molar-refractivity contribution >= 4 is 0 Å². The molecule has 0 aromatic heterocycles. The number of fused-ring (bicyclic) bond motifs is 1. The summed E-state index contributed by atoms with van der Waals surface area (Å²) < 4.78 is 13.3. The van der Waals surface area contributed by atoms with Crippen LogP contribution in [0.2, 0.25) is 0 Å². The number of ether oxygens (including phenoxy) is 2. The lowest BCUT2D eigenvalue weighted by molar-refractivity contribution is 0.0260. The van der Waals surface area contributed by atoms with Crippen LogP contribution in [0, 0.1) is 0 Å². The highest BCUT2D eigenvalue weighted by molar-refractivity contribution is 5.48. The third-order valence-corrected chi connectivity index (χ3v) is 6.84. The Labute approximate surface area is 191 Å². The highest BCUT2D eigenvalue weighted by Crippen LogP contribution is 2.41. The van der Waals surface area contributed by atoms with Crippen LogP contribution < -0.4 is 15.2 Å². The average molecular weight is 429 g/mol. The van der Waals surface area contributed by atoms with Crippen molar-refractivity contribution in [1.29, 1.82) is 0 Å². The van der Waals surface area contributed by atoms with E-state index in [1.807, 2.05) is 18.2 Å². The Morgan fingerprint density at radius 1 is 0.938 bits per heavy atom. The Hall–Kier alpha value is -2.82. The number of hydrogen-bond donors (Lipinski definition) is 1. The van der Waals surface area contributed by atoms with E-state index >= 15 is 0 Å². The molecular formula is C28H32N2O2. The smallest absolute Gasteiger partial charge is 0.132 e. The second-order valence-corrected chi connectivity index (χ2v) is 9.33. The number of likely N-dealkylation sites (tertiary alicyclic amines) is 1.